The van der Waals surface area contributed by atoms with Crippen molar-refractivity contribution in [1.29, 1.82) is 0 Å². The Kier molecular flexibility index (Phi) is 8.84. The van der Waals surface area contributed by atoms with Crippen LogP contribution in [0, 0.1) is 6.92 Å². The van der Waals surface area contributed by atoms with Gasteiger partial charge in [-0.25, -0.2) is 4.68 Å². The molecule has 3 aromatic rings. The topological polar surface area (TPSA) is 78.2 Å². The number of carbonyl (C=O) groups excluding carboxylic acids is 1. The van der Waals surface area contributed by atoms with Gasteiger partial charge in [0.1, 0.15) is 5.75 Å². The van der Waals surface area contributed by atoms with E-state index < -0.39 is 0 Å². The number of carbonyl (C=O) groups is 1. The number of benzene rings is 2. The van der Waals surface area contributed by atoms with Gasteiger partial charge in [-0.2, -0.15) is 5.10 Å². The van der Waals surface area contributed by atoms with E-state index >= 15 is 0 Å². The average Bonchev–Trinajstić information content (AvgIpc) is 3.36. The lowest BCUT2D eigenvalue weighted by Gasteiger charge is -2.26. The first-order chi connectivity index (χ1) is 18.2. The lowest BCUT2D eigenvalue weighted by Crippen LogP contribution is -2.42. The normalized spacial score (nSPS) is 14.4. The van der Waals surface area contributed by atoms with Crippen LogP contribution >= 0.6 is 0 Å². The minimum absolute atomic E-state index is 0.0163. The third kappa shape index (κ3) is 7.01. The Hall–Kier alpha value is -3.65. The molecule has 8 nitrogen and oxygen atoms in total. The van der Waals surface area contributed by atoms with E-state index in [0.717, 1.165) is 28.4 Å². The second-order valence-electron chi connectivity index (χ2n) is 10.5. The van der Waals surface area contributed by atoms with Crippen molar-refractivity contribution in [1.82, 2.24) is 14.7 Å². The number of morpholine rings is 1. The minimum Gasteiger partial charge on any atom is -0.484 e. The standard InChI is InChI=1S/C30H38N4O4/c1-6-27(23-9-13-26(14-10-23)37-21-29(35)33-15-17-36-18-16-33)32-38-20-25-19-28(30(3,4)5)31-34(25)24-11-7-22(2)8-12-24/h7-14,19H,6,15-18,20-21H2,1-5H3. The number of hydrogen-bond donors (Lipinski definition) is 0. The lowest BCUT2D eigenvalue weighted by atomic mass is 9.92. The van der Waals surface area contributed by atoms with E-state index in [9.17, 15) is 4.79 Å². The van der Waals surface area contributed by atoms with Crippen LogP contribution in [0.5, 0.6) is 5.75 Å². The predicted molar refractivity (Wildman–Crippen MR) is 148 cm³/mol. The van der Waals surface area contributed by atoms with Crippen molar-refractivity contribution in [2.75, 3.05) is 32.9 Å². The van der Waals surface area contributed by atoms with Crippen LogP contribution in [0.2, 0.25) is 0 Å². The summed E-state index contributed by atoms with van der Waals surface area (Å²) < 4.78 is 12.9. The van der Waals surface area contributed by atoms with E-state index in [1.54, 1.807) is 4.90 Å². The summed E-state index contributed by atoms with van der Waals surface area (Å²) in [6.07, 6.45) is 0.709. The van der Waals surface area contributed by atoms with Crippen molar-refractivity contribution in [2.45, 2.75) is 53.1 Å². The van der Waals surface area contributed by atoms with E-state index in [2.05, 4.69) is 63.2 Å². The van der Waals surface area contributed by atoms with Crippen LogP contribution in [0.3, 0.4) is 0 Å². The number of hydrogen-bond acceptors (Lipinski definition) is 6. The zero-order valence-electron chi connectivity index (χ0n) is 23.1. The van der Waals surface area contributed by atoms with Crippen molar-refractivity contribution in [2.24, 2.45) is 5.16 Å². The maximum Gasteiger partial charge on any atom is 0.260 e. The van der Waals surface area contributed by atoms with Crippen LogP contribution in [0.4, 0.5) is 0 Å². The maximum absolute atomic E-state index is 12.3. The molecule has 202 valence electrons. The van der Waals surface area contributed by atoms with Gasteiger partial charge in [0, 0.05) is 18.5 Å². The highest BCUT2D eigenvalue weighted by molar-refractivity contribution is 6.00. The summed E-state index contributed by atoms with van der Waals surface area (Å²) in [7, 11) is 0. The molecule has 0 N–H and O–H groups in total. The minimum atomic E-state index is -0.0842. The van der Waals surface area contributed by atoms with Crippen molar-refractivity contribution in [3.63, 3.8) is 0 Å². The van der Waals surface area contributed by atoms with Crippen LogP contribution in [0.1, 0.15) is 56.6 Å². The summed E-state index contributed by atoms with van der Waals surface area (Å²) in [5.41, 5.74) is 5.82. The molecule has 38 heavy (non-hydrogen) atoms. The third-order valence-electron chi connectivity index (χ3n) is 6.47. The molecular weight excluding hydrogens is 480 g/mol. The summed E-state index contributed by atoms with van der Waals surface area (Å²) in [6, 6.07) is 18.0. The molecule has 0 radical (unpaired) electrons. The predicted octanol–water partition coefficient (Wildman–Crippen LogP) is 5.05. The Morgan fingerprint density at radius 3 is 2.37 bits per heavy atom. The molecule has 0 aliphatic carbocycles. The van der Waals surface area contributed by atoms with E-state index in [1.807, 2.05) is 35.9 Å². The summed E-state index contributed by atoms with van der Waals surface area (Å²) in [5.74, 6) is 0.615. The largest absolute Gasteiger partial charge is 0.484 e. The SMILES string of the molecule is CCC(=NOCc1cc(C(C)(C)C)nn1-c1ccc(C)cc1)c1ccc(OCC(=O)N2CCOCC2)cc1. The molecule has 2 heterocycles. The molecule has 0 unspecified atom stereocenters. The molecule has 1 fully saturated rings. The lowest BCUT2D eigenvalue weighted by molar-refractivity contribution is -0.137. The number of aryl methyl sites for hydroxylation is 1. The first-order valence-corrected chi connectivity index (χ1v) is 13.2. The number of nitrogens with zero attached hydrogens (tertiary/aromatic N) is 4. The fraction of sp³-hybridized carbons (Fsp3) is 0.433. The zero-order valence-corrected chi connectivity index (χ0v) is 23.1. The average molecular weight is 519 g/mol. The summed E-state index contributed by atoms with van der Waals surface area (Å²) in [5, 5.41) is 9.32. The van der Waals surface area contributed by atoms with Crippen LogP contribution in [0.25, 0.3) is 5.69 Å². The highest BCUT2D eigenvalue weighted by Gasteiger charge is 2.21. The zero-order chi connectivity index (χ0) is 27.1. The number of oxime groups is 1. The molecule has 0 saturated carbocycles. The van der Waals surface area contributed by atoms with Crippen LogP contribution in [0.15, 0.2) is 59.8 Å². The van der Waals surface area contributed by atoms with Gasteiger partial charge < -0.3 is 19.2 Å². The van der Waals surface area contributed by atoms with Crippen molar-refractivity contribution in [3.8, 4) is 11.4 Å². The maximum atomic E-state index is 12.3. The van der Waals surface area contributed by atoms with E-state index in [0.29, 0.717) is 45.1 Å². The van der Waals surface area contributed by atoms with Gasteiger partial charge in [-0.1, -0.05) is 50.5 Å². The first kappa shape index (κ1) is 27.4. The van der Waals surface area contributed by atoms with Crippen LogP contribution in [-0.2, 0) is 26.4 Å². The van der Waals surface area contributed by atoms with Gasteiger partial charge in [0.15, 0.2) is 13.2 Å². The Labute approximate surface area is 225 Å². The molecule has 0 bridgehead atoms. The molecule has 1 aliphatic rings. The first-order valence-electron chi connectivity index (χ1n) is 13.2. The highest BCUT2D eigenvalue weighted by Crippen LogP contribution is 2.24. The third-order valence-corrected chi connectivity index (χ3v) is 6.47. The fourth-order valence-electron chi connectivity index (χ4n) is 4.09. The summed E-state index contributed by atoms with van der Waals surface area (Å²) in [6.45, 7) is 13.3. The Morgan fingerprint density at radius 2 is 1.74 bits per heavy atom. The molecule has 8 heteroatoms. The second kappa shape index (κ2) is 12.3. The van der Waals surface area contributed by atoms with Gasteiger partial charge >= 0.3 is 0 Å². The Morgan fingerprint density at radius 1 is 1.05 bits per heavy atom. The van der Waals surface area contributed by atoms with Gasteiger partial charge in [-0.05, 0) is 61.4 Å². The smallest absolute Gasteiger partial charge is 0.260 e. The number of ether oxygens (including phenoxy) is 2. The molecular formula is C30H38N4O4. The highest BCUT2D eigenvalue weighted by atomic mass is 16.6. The monoisotopic (exact) mass is 518 g/mol. The molecule has 0 spiro atoms. The van der Waals surface area contributed by atoms with Gasteiger partial charge in [0.05, 0.1) is 36.0 Å². The van der Waals surface area contributed by atoms with Crippen LogP contribution < -0.4 is 4.74 Å². The molecule has 1 saturated heterocycles. The summed E-state index contributed by atoms with van der Waals surface area (Å²) in [4.78, 5) is 19.9. The van der Waals surface area contributed by atoms with E-state index in [1.165, 1.54) is 5.56 Å². The molecule has 1 aromatic heterocycles. The van der Waals surface area contributed by atoms with Gasteiger partial charge in [0.2, 0.25) is 0 Å². The van der Waals surface area contributed by atoms with E-state index in [-0.39, 0.29) is 17.9 Å². The molecule has 0 atom stereocenters. The summed E-state index contributed by atoms with van der Waals surface area (Å²) >= 11 is 0. The number of amides is 1. The Bertz CT molecular complexity index is 1230. The van der Waals surface area contributed by atoms with Crippen molar-refractivity contribution in [3.05, 3.63) is 77.1 Å². The fourth-order valence-corrected chi connectivity index (χ4v) is 4.09. The quantitative estimate of drug-likeness (QED) is 0.293. The molecule has 2 aromatic carbocycles. The molecule has 4 rings (SSSR count). The van der Waals surface area contributed by atoms with Crippen molar-refractivity contribution < 1.29 is 19.1 Å². The van der Waals surface area contributed by atoms with Gasteiger partial charge in [-0.3, -0.25) is 4.79 Å². The van der Waals surface area contributed by atoms with Gasteiger partial charge in [-0.15, -0.1) is 0 Å². The number of rotatable bonds is 9. The van der Waals surface area contributed by atoms with Crippen molar-refractivity contribution >= 4 is 11.6 Å². The number of aromatic nitrogens is 2. The second-order valence-corrected chi connectivity index (χ2v) is 10.5. The molecule has 1 amide bonds. The Balaban J connectivity index is 1.41. The van der Waals surface area contributed by atoms with E-state index in [4.69, 9.17) is 19.4 Å². The van der Waals surface area contributed by atoms with Crippen LogP contribution in [-0.4, -0.2) is 59.2 Å². The molecule has 1 aliphatic heterocycles. The van der Waals surface area contributed by atoms with Gasteiger partial charge in [0.25, 0.3) is 5.91 Å².